The van der Waals surface area contributed by atoms with Crippen molar-refractivity contribution in [2.45, 2.75) is 11.5 Å². The summed E-state index contributed by atoms with van der Waals surface area (Å²) in [5.74, 6) is 0.226. The first-order chi connectivity index (χ1) is 14.7. The number of thioether (sulfide) groups is 1. The van der Waals surface area contributed by atoms with Crippen LogP contribution in [0.1, 0.15) is 16.7 Å². The molecule has 1 fully saturated rings. The molecule has 7 heteroatoms. The summed E-state index contributed by atoms with van der Waals surface area (Å²) in [6.45, 7) is 6.37. The molecule has 1 saturated heterocycles. The third-order valence-corrected chi connectivity index (χ3v) is 5.35. The van der Waals surface area contributed by atoms with Gasteiger partial charge in [-0.2, -0.15) is 0 Å². The van der Waals surface area contributed by atoms with Gasteiger partial charge in [-0.1, -0.05) is 54.2 Å². The van der Waals surface area contributed by atoms with Gasteiger partial charge in [0.2, 0.25) is 6.61 Å². The van der Waals surface area contributed by atoms with E-state index in [1.807, 2.05) is 54.8 Å². The summed E-state index contributed by atoms with van der Waals surface area (Å²) < 4.78 is 10.7. The second-order valence-corrected chi connectivity index (χ2v) is 7.50. The van der Waals surface area contributed by atoms with Crippen LogP contribution in [0.25, 0.3) is 6.08 Å². The number of hydrogen-bond donors (Lipinski definition) is 0. The summed E-state index contributed by atoms with van der Waals surface area (Å²) in [6, 6.07) is 15.8. The second kappa shape index (κ2) is 11.4. The number of amidine groups is 1. The molecule has 2 aromatic rings. The van der Waals surface area contributed by atoms with Crippen LogP contribution < -0.4 is 0 Å². The van der Waals surface area contributed by atoms with Crippen LogP contribution in [-0.4, -0.2) is 55.9 Å². The van der Waals surface area contributed by atoms with E-state index in [1.165, 1.54) is 4.90 Å². The minimum atomic E-state index is -0.467. The van der Waals surface area contributed by atoms with Gasteiger partial charge in [0.15, 0.2) is 5.84 Å². The van der Waals surface area contributed by atoms with Crippen LogP contribution in [-0.2, 0) is 25.7 Å². The largest absolute Gasteiger partial charge is 0.458 e. The number of carbonyl (C=O) groups excluding carboxylic acids is 1. The summed E-state index contributed by atoms with van der Waals surface area (Å²) in [7, 11) is 0. The number of rotatable bonds is 8. The number of benzene rings is 2. The Labute approximate surface area is 181 Å². The van der Waals surface area contributed by atoms with E-state index in [0.717, 1.165) is 29.8 Å². The van der Waals surface area contributed by atoms with Crippen molar-refractivity contribution in [1.29, 1.82) is 0 Å². The van der Waals surface area contributed by atoms with Crippen LogP contribution in [0.5, 0.6) is 0 Å². The fourth-order valence-electron chi connectivity index (χ4n) is 2.91. The van der Waals surface area contributed by atoms with E-state index in [4.69, 9.17) is 14.3 Å². The molecule has 1 aliphatic heterocycles. The Morgan fingerprint density at radius 2 is 1.87 bits per heavy atom. The lowest BCUT2D eigenvalue weighted by molar-refractivity contribution is -0.150. The van der Waals surface area contributed by atoms with Crippen LogP contribution in [0.3, 0.4) is 0 Å². The van der Waals surface area contributed by atoms with Gasteiger partial charge in [-0.25, -0.2) is 4.79 Å². The zero-order valence-corrected chi connectivity index (χ0v) is 17.9. The first kappa shape index (κ1) is 21.9. The monoisotopic (exact) mass is 426 g/mol. The first-order valence-electron chi connectivity index (χ1n) is 9.73. The number of esters is 1. The molecule has 0 saturated carbocycles. The third-order valence-electron chi connectivity index (χ3n) is 4.61. The molecule has 158 valence electrons. The lowest BCUT2D eigenvalue weighted by Gasteiger charge is -2.29. The van der Waals surface area contributed by atoms with E-state index in [9.17, 15) is 4.79 Å². The van der Waals surface area contributed by atoms with E-state index in [1.54, 1.807) is 17.8 Å². The zero-order valence-electron chi connectivity index (χ0n) is 17.1. The molecule has 0 N–H and O–H groups in total. The van der Waals surface area contributed by atoms with Crippen molar-refractivity contribution < 1.29 is 19.1 Å². The van der Waals surface area contributed by atoms with Crippen molar-refractivity contribution in [2.75, 3.05) is 39.2 Å². The van der Waals surface area contributed by atoms with E-state index < -0.39 is 5.97 Å². The Hall–Kier alpha value is -2.77. The van der Waals surface area contributed by atoms with Gasteiger partial charge in [0.05, 0.1) is 13.2 Å². The van der Waals surface area contributed by atoms with Crippen LogP contribution >= 0.6 is 11.8 Å². The lowest BCUT2D eigenvalue weighted by Crippen LogP contribution is -2.41. The van der Waals surface area contributed by atoms with Crippen LogP contribution in [0, 0.1) is 0 Å². The molecule has 2 aromatic carbocycles. The Kier molecular flexibility index (Phi) is 8.35. The molecule has 0 aliphatic carbocycles. The quantitative estimate of drug-likeness (QED) is 0.210. The molecule has 0 amide bonds. The number of hydrogen-bond acceptors (Lipinski definition) is 6. The van der Waals surface area contributed by atoms with E-state index in [0.29, 0.717) is 19.0 Å². The summed E-state index contributed by atoms with van der Waals surface area (Å²) in [5.41, 5.74) is 2.86. The minimum absolute atomic E-state index is 0.190. The van der Waals surface area contributed by atoms with Gasteiger partial charge in [-0.3, -0.25) is 0 Å². The smallest absolute Gasteiger partial charge is 0.347 e. The van der Waals surface area contributed by atoms with Gasteiger partial charge in [-0.15, -0.1) is 11.8 Å². The maximum atomic E-state index is 12.0. The highest BCUT2D eigenvalue weighted by molar-refractivity contribution is 7.98. The molecule has 6 nitrogen and oxygen atoms in total. The molecule has 0 unspecified atom stereocenters. The Bertz CT molecular complexity index is 860. The van der Waals surface area contributed by atoms with Crippen LogP contribution in [0.15, 0.2) is 65.2 Å². The molecule has 0 radical (unpaired) electrons. The Balaban J connectivity index is 1.58. The van der Waals surface area contributed by atoms with Crippen LogP contribution in [0.4, 0.5) is 0 Å². The van der Waals surface area contributed by atoms with Gasteiger partial charge in [0.25, 0.3) is 0 Å². The van der Waals surface area contributed by atoms with Crippen molar-refractivity contribution in [1.82, 2.24) is 4.90 Å². The standard InChI is InChI=1S/C23H26N2O4S/c1-3-18-4-6-19(7-5-18)16-28-22(26)17-29-24-23(25-12-14-27-15-13-25)20-8-10-21(30-2)11-9-20/h3-11H,1,12-17H2,2H3/b24-23-. The molecule has 1 heterocycles. The molecule has 0 atom stereocenters. The molecule has 1 aliphatic rings. The highest BCUT2D eigenvalue weighted by Gasteiger charge is 2.18. The molecule has 3 rings (SSSR count). The highest BCUT2D eigenvalue weighted by Crippen LogP contribution is 2.17. The number of ether oxygens (including phenoxy) is 2. The SMILES string of the molecule is C=Cc1ccc(COC(=O)CO/N=C(/c2ccc(SC)cc2)N2CCOCC2)cc1. The Morgan fingerprint density at radius 3 is 2.50 bits per heavy atom. The molecule has 0 spiro atoms. The van der Waals surface area contributed by atoms with Crippen LogP contribution in [0.2, 0.25) is 0 Å². The summed E-state index contributed by atoms with van der Waals surface area (Å²) >= 11 is 1.68. The summed E-state index contributed by atoms with van der Waals surface area (Å²) in [4.78, 5) is 20.7. The molecule has 30 heavy (non-hydrogen) atoms. The second-order valence-electron chi connectivity index (χ2n) is 6.62. The van der Waals surface area contributed by atoms with Gasteiger partial charge in [-0.05, 0) is 29.5 Å². The molecule has 0 aromatic heterocycles. The van der Waals surface area contributed by atoms with E-state index >= 15 is 0 Å². The lowest BCUT2D eigenvalue weighted by atomic mass is 10.1. The zero-order chi connectivity index (χ0) is 21.2. The highest BCUT2D eigenvalue weighted by atomic mass is 32.2. The predicted molar refractivity (Wildman–Crippen MR) is 119 cm³/mol. The maximum absolute atomic E-state index is 12.0. The van der Waals surface area contributed by atoms with Gasteiger partial charge in [0.1, 0.15) is 6.61 Å². The topological polar surface area (TPSA) is 60.4 Å². The average Bonchev–Trinajstić information content (AvgIpc) is 2.81. The van der Waals surface area contributed by atoms with Gasteiger partial charge < -0.3 is 19.2 Å². The number of nitrogens with zero attached hydrogens (tertiary/aromatic N) is 2. The van der Waals surface area contributed by atoms with Gasteiger partial charge in [0, 0.05) is 23.5 Å². The predicted octanol–water partition coefficient (Wildman–Crippen LogP) is 3.81. The van der Waals surface area contributed by atoms with E-state index in [-0.39, 0.29) is 13.2 Å². The first-order valence-corrected chi connectivity index (χ1v) is 11.0. The third kappa shape index (κ3) is 6.37. The number of carbonyl (C=O) groups is 1. The van der Waals surface area contributed by atoms with Crippen molar-refractivity contribution in [3.05, 3.63) is 71.8 Å². The van der Waals surface area contributed by atoms with Crippen molar-refractivity contribution >= 4 is 29.6 Å². The van der Waals surface area contributed by atoms with Crippen molar-refractivity contribution in [2.24, 2.45) is 5.16 Å². The number of morpholine rings is 1. The fourth-order valence-corrected chi connectivity index (χ4v) is 3.32. The Morgan fingerprint density at radius 1 is 1.17 bits per heavy atom. The maximum Gasteiger partial charge on any atom is 0.347 e. The van der Waals surface area contributed by atoms with Crippen molar-refractivity contribution in [3.63, 3.8) is 0 Å². The van der Waals surface area contributed by atoms with Crippen molar-refractivity contribution in [3.8, 4) is 0 Å². The van der Waals surface area contributed by atoms with Gasteiger partial charge >= 0.3 is 5.97 Å². The fraction of sp³-hybridized carbons (Fsp3) is 0.304. The summed E-state index contributed by atoms with van der Waals surface area (Å²) in [6.07, 6.45) is 3.80. The minimum Gasteiger partial charge on any atom is -0.458 e. The molecular formula is C23H26N2O4S. The average molecular weight is 427 g/mol. The summed E-state index contributed by atoms with van der Waals surface area (Å²) in [5, 5.41) is 4.26. The molecule has 0 bridgehead atoms. The number of oxime groups is 1. The molecular weight excluding hydrogens is 400 g/mol. The normalized spacial score (nSPS) is 14.3. The van der Waals surface area contributed by atoms with E-state index in [2.05, 4.69) is 16.6 Å².